The fourth-order valence-corrected chi connectivity index (χ4v) is 2.60. The van der Waals surface area contributed by atoms with Crippen molar-refractivity contribution >= 4 is 0 Å². The summed E-state index contributed by atoms with van der Waals surface area (Å²) in [6.07, 6.45) is 3.06. The molecule has 1 fully saturated rings. The van der Waals surface area contributed by atoms with E-state index in [4.69, 9.17) is 14.6 Å². The molecular formula is C15H23NO3. The summed E-state index contributed by atoms with van der Waals surface area (Å²) in [4.78, 5) is 2.29. The van der Waals surface area contributed by atoms with Crippen molar-refractivity contribution in [2.75, 3.05) is 33.9 Å². The summed E-state index contributed by atoms with van der Waals surface area (Å²) in [5.74, 6) is 1.54. The van der Waals surface area contributed by atoms with Gasteiger partial charge < -0.3 is 19.5 Å². The van der Waals surface area contributed by atoms with Crippen molar-refractivity contribution in [3.8, 4) is 11.5 Å². The summed E-state index contributed by atoms with van der Waals surface area (Å²) in [5, 5.41) is 9.08. The lowest BCUT2D eigenvalue weighted by atomic mass is 10.1. The Morgan fingerprint density at radius 1 is 1.42 bits per heavy atom. The average Bonchev–Trinajstić information content (AvgIpc) is 2.39. The number of piperidine rings is 1. The van der Waals surface area contributed by atoms with E-state index in [1.165, 1.54) is 6.42 Å². The predicted octanol–water partition coefficient (Wildman–Crippen LogP) is 1.70. The van der Waals surface area contributed by atoms with Crippen LogP contribution in [0.5, 0.6) is 11.5 Å². The van der Waals surface area contributed by atoms with E-state index >= 15 is 0 Å². The SMILES string of the molecule is COc1c(CCO)cccc1OC1CCCN(C)C1. The van der Waals surface area contributed by atoms with E-state index < -0.39 is 0 Å². The number of methoxy groups -OCH3 is 1. The van der Waals surface area contributed by atoms with Gasteiger partial charge in [-0.1, -0.05) is 12.1 Å². The monoisotopic (exact) mass is 265 g/mol. The molecule has 0 bridgehead atoms. The highest BCUT2D eigenvalue weighted by atomic mass is 16.5. The number of ether oxygens (including phenoxy) is 2. The molecule has 1 aromatic rings. The third-order valence-corrected chi connectivity index (χ3v) is 3.52. The highest BCUT2D eigenvalue weighted by molar-refractivity contribution is 5.46. The van der Waals surface area contributed by atoms with Gasteiger partial charge in [0, 0.05) is 18.7 Å². The lowest BCUT2D eigenvalue weighted by Crippen LogP contribution is -2.38. The number of nitrogens with zero attached hydrogens (tertiary/aromatic N) is 1. The molecule has 4 heteroatoms. The second-order valence-electron chi connectivity index (χ2n) is 5.07. The third kappa shape index (κ3) is 3.61. The standard InChI is InChI=1S/C15H23NO3/c1-16-9-4-6-13(11-16)19-14-7-3-5-12(8-10-17)15(14)18-2/h3,5,7,13,17H,4,6,8-11H2,1-2H3. The second kappa shape index (κ2) is 6.78. The Bertz CT molecular complexity index is 408. The fraction of sp³-hybridized carbons (Fsp3) is 0.600. The minimum atomic E-state index is 0.117. The first kappa shape index (κ1) is 14.2. The zero-order valence-corrected chi connectivity index (χ0v) is 11.8. The summed E-state index contributed by atoms with van der Waals surface area (Å²) < 4.78 is 11.5. The van der Waals surface area contributed by atoms with Gasteiger partial charge in [-0.25, -0.2) is 0 Å². The molecule has 106 valence electrons. The highest BCUT2D eigenvalue weighted by Gasteiger charge is 2.20. The van der Waals surface area contributed by atoms with E-state index in [0.717, 1.165) is 36.6 Å². The molecule has 0 aromatic heterocycles. The number of likely N-dealkylation sites (tertiary alicyclic amines) is 1. The van der Waals surface area contributed by atoms with E-state index in [0.29, 0.717) is 6.42 Å². The summed E-state index contributed by atoms with van der Waals surface area (Å²) >= 11 is 0. The molecule has 19 heavy (non-hydrogen) atoms. The molecule has 1 unspecified atom stereocenters. The number of hydrogen-bond acceptors (Lipinski definition) is 4. The van der Waals surface area contributed by atoms with Gasteiger partial charge in [0.15, 0.2) is 11.5 Å². The number of aliphatic hydroxyl groups excluding tert-OH is 1. The van der Waals surface area contributed by atoms with Crippen LogP contribution in [0.2, 0.25) is 0 Å². The molecule has 0 aliphatic carbocycles. The lowest BCUT2D eigenvalue weighted by molar-refractivity contribution is 0.101. The largest absolute Gasteiger partial charge is 0.493 e. The Balaban J connectivity index is 2.12. The molecule has 0 saturated carbocycles. The van der Waals surface area contributed by atoms with Crippen LogP contribution in [0.3, 0.4) is 0 Å². The van der Waals surface area contributed by atoms with Gasteiger partial charge in [-0.3, -0.25) is 0 Å². The molecule has 4 nitrogen and oxygen atoms in total. The van der Waals surface area contributed by atoms with Crippen molar-refractivity contribution in [2.45, 2.75) is 25.4 Å². The van der Waals surface area contributed by atoms with Crippen LogP contribution in [-0.2, 0) is 6.42 Å². The van der Waals surface area contributed by atoms with Crippen molar-refractivity contribution in [1.29, 1.82) is 0 Å². The van der Waals surface area contributed by atoms with E-state index in [1.54, 1.807) is 7.11 Å². The van der Waals surface area contributed by atoms with Crippen LogP contribution in [0.1, 0.15) is 18.4 Å². The number of benzene rings is 1. The number of para-hydroxylation sites is 1. The van der Waals surface area contributed by atoms with Gasteiger partial charge >= 0.3 is 0 Å². The third-order valence-electron chi connectivity index (χ3n) is 3.52. The maximum atomic E-state index is 9.08. The van der Waals surface area contributed by atoms with Gasteiger partial charge in [-0.15, -0.1) is 0 Å². The van der Waals surface area contributed by atoms with Crippen molar-refractivity contribution in [3.63, 3.8) is 0 Å². The molecule has 1 N–H and O–H groups in total. The van der Waals surface area contributed by atoms with Crippen LogP contribution >= 0.6 is 0 Å². The summed E-state index contributed by atoms with van der Waals surface area (Å²) in [7, 11) is 3.77. The molecular weight excluding hydrogens is 242 g/mol. The lowest BCUT2D eigenvalue weighted by Gasteiger charge is -2.30. The van der Waals surface area contributed by atoms with Crippen LogP contribution in [0.15, 0.2) is 18.2 Å². The Morgan fingerprint density at radius 3 is 2.95 bits per heavy atom. The van der Waals surface area contributed by atoms with Gasteiger partial charge in [0.05, 0.1) is 7.11 Å². The molecule has 0 amide bonds. The topological polar surface area (TPSA) is 41.9 Å². The molecule has 1 aliphatic rings. The van der Waals surface area contributed by atoms with E-state index in [9.17, 15) is 0 Å². The van der Waals surface area contributed by atoms with Gasteiger partial charge in [-0.2, -0.15) is 0 Å². The molecule has 1 heterocycles. The first-order chi connectivity index (χ1) is 9.24. The van der Waals surface area contributed by atoms with Crippen LogP contribution < -0.4 is 9.47 Å². The van der Waals surface area contributed by atoms with E-state index in [1.807, 2.05) is 18.2 Å². The molecule has 0 spiro atoms. The van der Waals surface area contributed by atoms with Gasteiger partial charge in [0.2, 0.25) is 0 Å². The maximum Gasteiger partial charge on any atom is 0.164 e. The molecule has 1 aliphatic heterocycles. The number of aliphatic hydroxyl groups is 1. The number of likely N-dealkylation sites (N-methyl/N-ethyl adjacent to an activating group) is 1. The number of hydrogen-bond donors (Lipinski definition) is 1. The highest BCUT2D eigenvalue weighted by Crippen LogP contribution is 2.33. The van der Waals surface area contributed by atoms with Gasteiger partial charge in [0.1, 0.15) is 6.10 Å². The van der Waals surface area contributed by atoms with Gasteiger partial charge in [0.25, 0.3) is 0 Å². The van der Waals surface area contributed by atoms with E-state index in [2.05, 4.69) is 11.9 Å². The zero-order valence-electron chi connectivity index (χ0n) is 11.8. The predicted molar refractivity (Wildman–Crippen MR) is 74.9 cm³/mol. The van der Waals surface area contributed by atoms with Crippen LogP contribution in [0.25, 0.3) is 0 Å². The number of rotatable bonds is 5. The molecule has 2 rings (SSSR count). The van der Waals surface area contributed by atoms with Crippen molar-refractivity contribution in [1.82, 2.24) is 4.90 Å². The van der Waals surface area contributed by atoms with Crippen molar-refractivity contribution in [3.05, 3.63) is 23.8 Å². The minimum absolute atomic E-state index is 0.117. The van der Waals surface area contributed by atoms with Crippen molar-refractivity contribution < 1.29 is 14.6 Å². The van der Waals surface area contributed by atoms with Crippen LogP contribution in [0, 0.1) is 0 Å². The molecule has 1 saturated heterocycles. The van der Waals surface area contributed by atoms with Crippen LogP contribution in [0.4, 0.5) is 0 Å². The molecule has 1 aromatic carbocycles. The molecule has 1 atom stereocenters. The second-order valence-corrected chi connectivity index (χ2v) is 5.07. The summed E-state index contributed by atoms with van der Waals surface area (Å²) in [5.41, 5.74) is 0.992. The quantitative estimate of drug-likeness (QED) is 0.880. The first-order valence-electron chi connectivity index (χ1n) is 6.86. The Kier molecular flexibility index (Phi) is 5.05. The zero-order chi connectivity index (χ0) is 13.7. The summed E-state index contributed by atoms with van der Waals surface area (Å²) in [6.45, 7) is 2.21. The smallest absolute Gasteiger partial charge is 0.164 e. The normalized spacial score (nSPS) is 20.3. The Hall–Kier alpha value is -1.26. The maximum absolute atomic E-state index is 9.08. The molecule has 0 radical (unpaired) electrons. The Labute approximate surface area is 114 Å². The fourth-order valence-electron chi connectivity index (χ4n) is 2.60. The minimum Gasteiger partial charge on any atom is -0.493 e. The van der Waals surface area contributed by atoms with Crippen molar-refractivity contribution in [2.24, 2.45) is 0 Å². The average molecular weight is 265 g/mol. The van der Waals surface area contributed by atoms with E-state index in [-0.39, 0.29) is 12.7 Å². The Morgan fingerprint density at radius 2 is 2.26 bits per heavy atom. The van der Waals surface area contributed by atoms with Crippen LogP contribution in [-0.4, -0.2) is 50.0 Å². The van der Waals surface area contributed by atoms with Gasteiger partial charge in [-0.05, 0) is 38.9 Å². The first-order valence-corrected chi connectivity index (χ1v) is 6.86. The summed E-state index contributed by atoms with van der Waals surface area (Å²) in [6, 6.07) is 5.86.